The van der Waals surface area contributed by atoms with E-state index >= 15 is 0 Å². The second kappa shape index (κ2) is 9.22. The third-order valence-corrected chi connectivity index (χ3v) is 4.23. The van der Waals surface area contributed by atoms with Crippen LogP contribution in [0.1, 0.15) is 29.7 Å². The molecule has 0 saturated heterocycles. The molecule has 2 rings (SSSR count). The Morgan fingerprint density at radius 2 is 1.92 bits per heavy atom. The zero-order chi connectivity index (χ0) is 19.1. The summed E-state index contributed by atoms with van der Waals surface area (Å²) in [7, 11) is 0. The smallest absolute Gasteiger partial charge is 0.255 e. The molecule has 6 heteroatoms. The lowest BCUT2D eigenvalue weighted by molar-refractivity contribution is -0.119. The molecule has 2 aromatic carbocycles. The minimum absolute atomic E-state index is 0.128. The molecule has 140 valence electrons. The number of ether oxygens (including phenoxy) is 1. The van der Waals surface area contributed by atoms with E-state index in [2.05, 4.69) is 5.32 Å². The van der Waals surface area contributed by atoms with Crippen LogP contribution in [-0.2, 0) is 11.2 Å². The predicted octanol–water partition coefficient (Wildman–Crippen LogP) is 1.82. The van der Waals surface area contributed by atoms with Crippen LogP contribution < -0.4 is 15.8 Å². The van der Waals surface area contributed by atoms with Gasteiger partial charge in [0.25, 0.3) is 5.91 Å². The first-order valence-corrected chi connectivity index (χ1v) is 8.58. The highest BCUT2D eigenvalue weighted by Gasteiger charge is 2.17. The Bertz CT molecular complexity index is 731. The average Bonchev–Trinajstić information content (AvgIpc) is 2.60. The Balaban J connectivity index is 1.82. The summed E-state index contributed by atoms with van der Waals surface area (Å²) in [4.78, 5) is 10.7. The van der Waals surface area contributed by atoms with Gasteiger partial charge in [-0.2, -0.15) is 0 Å². The Labute approximate surface area is 153 Å². The molecule has 0 unspecified atom stereocenters. The van der Waals surface area contributed by atoms with Gasteiger partial charge in [0.15, 0.2) is 6.61 Å². The van der Waals surface area contributed by atoms with E-state index in [1.54, 1.807) is 30.3 Å². The Morgan fingerprint density at radius 3 is 2.54 bits per heavy atom. The molecule has 0 aromatic heterocycles. The van der Waals surface area contributed by atoms with Crippen molar-refractivity contribution in [1.82, 2.24) is 5.32 Å². The number of aliphatic hydroxyl groups is 1. The minimum atomic E-state index is -0.653. The van der Waals surface area contributed by atoms with Crippen molar-refractivity contribution in [3.8, 4) is 11.5 Å². The maximum absolute atomic E-state index is 10.7. The van der Waals surface area contributed by atoms with Gasteiger partial charge in [-0.15, -0.1) is 0 Å². The number of primary amides is 1. The molecule has 0 radical (unpaired) electrons. The normalized spacial score (nSPS) is 13.2. The second-order valence-electron chi connectivity index (χ2n) is 6.38. The highest BCUT2D eigenvalue weighted by Crippen LogP contribution is 2.24. The Hall–Kier alpha value is -2.57. The average molecular weight is 358 g/mol. The zero-order valence-electron chi connectivity index (χ0n) is 15.1. The summed E-state index contributed by atoms with van der Waals surface area (Å²) in [5, 5.41) is 23.3. The van der Waals surface area contributed by atoms with Gasteiger partial charge in [-0.1, -0.05) is 18.2 Å². The molecule has 2 atom stereocenters. The van der Waals surface area contributed by atoms with Crippen LogP contribution in [0.2, 0.25) is 0 Å². The number of nitrogens with two attached hydrogens (primary N) is 1. The molecule has 6 nitrogen and oxygen atoms in total. The fraction of sp³-hybridized carbons (Fsp3) is 0.350. The number of carbonyl (C=O) groups excluding carboxylic acids is 1. The van der Waals surface area contributed by atoms with Crippen LogP contribution in [0.5, 0.6) is 11.5 Å². The molecular weight excluding hydrogens is 332 g/mol. The molecule has 0 fully saturated rings. The zero-order valence-corrected chi connectivity index (χ0v) is 15.1. The lowest BCUT2D eigenvalue weighted by Gasteiger charge is -2.22. The van der Waals surface area contributed by atoms with Crippen molar-refractivity contribution in [2.24, 2.45) is 5.73 Å². The monoisotopic (exact) mass is 358 g/mol. The number of phenolic OH excluding ortho intramolecular Hbond substituents is 1. The van der Waals surface area contributed by atoms with Gasteiger partial charge >= 0.3 is 0 Å². The van der Waals surface area contributed by atoms with Gasteiger partial charge in [0.2, 0.25) is 0 Å². The van der Waals surface area contributed by atoms with E-state index < -0.39 is 12.0 Å². The number of nitrogens with one attached hydrogen (secondary N) is 1. The molecule has 2 aromatic rings. The number of amides is 1. The number of aryl methyl sites for hydroxylation is 1. The van der Waals surface area contributed by atoms with Crippen LogP contribution in [0.25, 0.3) is 0 Å². The first kappa shape index (κ1) is 19.8. The first-order valence-electron chi connectivity index (χ1n) is 8.58. The van der Waals surface area contributed by atoms with E-state index in [4.69, 9.17) is 10.5 Å². The van der Waals surface area contributed by atoms with E-state index in [0.29, 0.717) is 12.3 Å². The molecule has 0 heterocycles. The van der Waals surface area contributed by atoms with Crippen LogP contribution in [0, 0.1) is 6.92 Å². The summed E-state index contributed by atoms with van der Waals surface area (Å²) < 4.78 is 5.22. The largest absolute Gasteiger partial charge is 0.508 e. The summed E-state index contributed by atoms with van der Waals surface area (Å²) in [6.45, 7) is 4.37. The quantitative estimate of drug-likeness (QED) is 0.547. The van der Waals surface area contributed by atoms with Crippen molar-refractivity contribution in [2.75, 3.05) is 13.2 Å². The summed E-state index contributed by atoms with van der Waals surface area (Å²) in [5.41, 5.74) is 7.82. The maximum Gasteiger partial charge on any atom is 0.255 e. The topological polar surface area (TPSA) is 105 Å². The molecule has 0 spiro atoms. The van der Waals surface area contributed by atoms with Crippen LogP contribution in [-0.4, -0.2) is 35.3 Å². The second-order valence-corrected chi connectivity index (χ2v) is 6.38. The van der Waals surface area contributed by atoms with Crippen molar-refractivity contribution in [1.29, 1.82) is 0 Å². The number of aliphatic hydroxyl groups excluding tert-OH is 1. The molecule has 0 aliphatic heterocycles. The Kier molecular flexibility index (Phi) is 7.00. The third kappa shape index (κ3) is 5.75. The highest BCUT2D eigenvalue weighted by atomic mass is 16.5. The number of hydrogen-bond acceptors (Lipinski definition) is 5. The minimum Gasteiger partial charge on any atom is -0.508 e. The van der Waals surface area contributed by atoms with Crippen molar-refractivity contribution in [3.63, 3.8) is 0 Å². The molecule has 0 aliphatic carbocycles. The third-order valence-electron chi connectivity index (χ3n) is 4.23. The molecule has 26 heavy (non-hydrogen) atoms. The summed E-state index contributed by atoms with van der Waals surface area (Å²) >= 11 is 0. The molecule has 0 saturated carbocycles. The first-order chi connectivity index (χ1) is 12.4. The van der Waals surface area contributed by atoms with Crippen molar-refractivity contribution in [3.05, 3.63) is 59.2 Å². The molecular formula is C20H26N2O4. The van der Waals surface area contributed by atoms with Gasteiger partial charge in [0.05, 0.1) is 6.10 Å². The van der Waals surface area contributed by atoms with E-state index in [0.717, 1.165) is 23.1 Å². The van der Waals surface area contributed by atoms with Crippen LogP contribution in [0.4, 0.5) is 0 Å². The van der Waals surface area contributed by atoms with E-state index in [1.165, 1.54) is 0 Å². The summed E-state index contributed by atoms with van der Waals surface area (Å²) in [5.74, 6) is 0.295. The SMILES string of the molecule is Cc1cc(O)ccc1[C@@H](O)[C@H](C)NCCc1ccc(OCC(N)=O)cc1. The number of carbonyl (C=O) groups is 1. The van der Waals surface area contributed by atoms with Crippen molar-refractivity contribution in [2.45, 2.75) is 32.4 Å². The van der Waals surface area contributed by atoms with Gasteiger partial charge in [0, 0.05) is 6.04 Å². The van der Waals surface area contributed by atoms with Crippen molar-refractivity contribution < 1.29 is 19.7 Å². The number of rotatable bonds is 9. The van der Waals surface area contributed by atoms with Gasteiger partial charge in [0.1, 0.15) is 11.5 Å². The lowest BCUT2D eigenvalue weighted by atomic mass is 9.98. The molecule has 0 aliphatic rings. The van der Waals surface area contributed by atoms with Gasteiger partial charge in [-0.05, 0) is 67.8 Å². The molecule has 0 bridgehead atoms. The van der Waals surface area contributed by atoms with Gasteiger partial charge in [-0.3, -0.25) is 4.79 Å². The lowest BCUT2D eigenvalue weighted by Crippen LogP contribution is -2.34. The van der Waals surface area contributed by atoms with Crippen LogP contribution in [0.3, 0.4) is 0 Å². The fourth-order valence-electron chi connectivity index (χ4n) is 2.72. The van der Waals surface area contributed by atoms with E-state index in [9.17, 15) is 15.0 Å². The standard InChI is InChI=1S/C20H26N2O4/c1-13-11-16(23)5-8-18(13)20(25)14(2)22-10-9-15-3-6-17(7-4-15)26-12-19(21)24/h3-8,11,14,20,22-23,25H,9-10,12H2,1-2H3,(H2,21,24)/t14-,20-/m0/s1. The van der Waals surface area contributed by atoms with Gasteiger partial charge in [-0.25, -0.2) is 0 Å². The Morgan fingerprint density at radius 1 is 1.23 bits per heavy atom. The van der Waals surface area contributed by atoms with E-state index in [-0.39, 0.29) is 18.4 Å². The van der Waals surface area contributed by atoms with E-state index in [1.807, 2.05) is 26.0 Å². The fourth-order valence-corrected chi connectivity index (χ4v) is 2.72. The van der Waals surface area contributed by atoms with Crippen LogP contribution in [0.15, 0.2) is 42.5 Å². The van der Waals surface area contributed by atoms with Crippen LogP contribution >= 0.6 is 0 Å². The molecule has 1 amide bonds. The molecule has 5 N–H and O–H groups in total. The number of phenols is 1. The number of benzene rings is 2. The van der Waals surface area contributed by atoms with Crippen molar-refractivity contribution >= 4 is 5.91 Å². The number of aromatic hydroxyl groups is 1. The predicted molar refractivity (Wildman–Crippen MR) is 100 cm³/mol. The maximum atomic E-state index is 10.7. The number of hydrogen-bond donors (Lipinski definition) is 4. The highest BCUT2D eigenvalue weighted by molar-refractivity contribution is 5.75. The summed E-state index contributed by atoms with van der Waals surface area (Å²) in [6.07, 6.45) is 0.141. The van der Waals surface area contributed by atoms with Gasteiger partial charge < -0.3 is 26.0 Å². The summed E-state index contributed by atoms with van der Waals surface area (Å²) in [6, 6.07) is 12.3.